The molecule has 3 rings (SSSR count). The zero-order valence-corrected chi connectivity index (χ0v) is 13.4. The molecule has 0 aliphatic carbocycles. The molecular formula is C17H23NO4. The van der Waals surface area contributed by atoms with Gasteiger partial charge in [0.05, 0.1) is 24.7 Å². The second kappa shape index (κ2) is 5.80. The Labute approximate surface area is 131 Å². The van der Waals surface area contributed by atoms with Crippen molar-refractivity contribution in [1.29, 1.82) is 0 Å². The van der Waals surface area contributed by atoms with Crippen molar-refractivity contribution in [2.24, 2.45) is 0 Å². The number of hydrogen-bond donors (Lipinski definition) is 0. The average Bonchev–Trinajstić information content (AvgIpc) is 2.49. The first-order valence-corrected chi connectivity index (χ1v) is 7.76. The van der Waals surface area contributed by atoms with Crippen LogP contribution in [0, 0.1) is 0 Å². The molecule has 5 nitrogen and oxygen atoms in total. The van der Waals surface area contributed by atoms with Crippen LogP contribution in [0.25, 0.3) is 0 Å². The van der Waals surface area contributed by atoms with Crippen LogP contribution in [-0.2, 0) is 16.0 Å². The van der Waals surface area contributed by atoms with Crippen molar-refractivity contribution in [3.05, 3.63) is 23.8 Å². The van der Waals surface area contributed by atoms with E-state index in [9.17, 15) is 4.79 Å². The van der Waals surface area contributed by atoms with E-state index in [2.05, 4.69) is 0 Å². The summed E-state index contributed by atoms with van der Waals surface area (Å²) in [6, 6.07) is 5.72. The highest BCUT2D eigenvalue weighted by Gasteiger charge is 2.36. The molecule has 1 aromatic rings. The van der Waals surface area contributed by atoms with Crippen molar-refractivity contribution in [2.45, 2.75) is 38.8 Å². The van der Waals surface area contributed by atoms with E-state index in [-0.39, 0.29) is 17.6 Å². The van der Waals surface area contributed by atoms with Crippen molar-refractivity contribution >= 4 is 5.91 Å². The van der Waals surface area contributed by atoms with Crippen molar-refractivity contribution in [2.75, 3.05) is 26.4 Å². The van der Waals surface area contributed by atoms with E-state index in [1.54, 1.807) is 0 Å². The van der Waals surface area contributed by atoms with Gasteiger partial charge >= 0.3 is 0 Å². The Bertz CT molecular complexity index is 570. The van der Waals surface area contributed by atoms with E-state index < -0.39 is 0 Å². The van der Waals surface area contributed by atoms with Crippen LogP contribution in [0.5, 0.6) is 11.5 Å². The Morgan fingerprint density at radius 1 is 1.27 bits per heavy atom. The van der Waals surface area contributed by atoms with Gasteiger partial charge in [0.25, 0.3) is 0 Å². The van der Waals surface area contributed by atoms with Crippen LogP contribution in [0.2, 0.25) is 0 Å². The Morgan fingerprint density at radius 2 is 2.00 bits per heavy atom. The number of rotatable bonds is 2. The number of morpholine rings is 1. The van der Waals surface area contributed by atoms with Gasteiger partial charge in [-0.1, -0.05) is 6.07 Å². The third kappa shape index (κ3) is 3.04. The van der Waals surface area contributed by atoms with E-state index in [0.717, 1.165) is 17.1 Å². The van der Waals surface area contributed by atoms with Gasteiger partial charge in [-0.25, -0.2) is 0 Å². The monoisotopic (exact) mass is 305 g/mol. The van der Waals surface area contributed by atoms with E-state index in [0.29, 0.717) is 32.8 Å². The maximum absolute atomic E-state index is 12.7. The summed E-state index contributed by atoms with van der Waals surface area (Å²) in [4.78, 5) is 14.6. The van der Waals surface area contributed by atoms with E-state index >= 15 is 0 Å². The fraction of sp³-hybridized carbons (Fsp3) is 0.588. The Kier molecular flexibility index (Phi) is 4.00. The van der Waals surface area contributed by atoms with E-state index in [1.165, 1.54) is 0 Å². The molecule has 2 aliphatic rings. The van der Waals surface area contributed by atoms with Gasteiger partial charge in [0.1, 0.15) is 13.2 Å². The Hall–Kier alpha value is -1.75. The van der Waals surface area contributed by atoms with Crippen molar-refractivity contribution < 1.29 is 19.0 Å². The number of ether oxygens (including phenoxy) is 3. The summed E-state index contributed by atoms with van der Waals surface area (Å²) < 4.78 is 16.8. The summed E-state index contributed by atoms with van der Waals surface area (Å²) in [7, 11) is 0. The molecule has 5 heteroatoms. The first-order chi connectivity index (χ1) is 10.5. The average molecular weight is 305 g/mol. The molecule has 1 aromatic carbocycles. The number of amides is 1. The van der Waals surface area contributed by atoms with Crippen LogP contribution < -0.4 is 9.47 Å². The van der Waals surface area contributed by atoms with Crippen LogP contribution in [0.15, 0.2) is 18.2 Å². The molecule has 1 fully saturated rings. The van der Waals surface area contributed by atoms with Crippen LogP contribution in [0.4, 0.5) is 0 Å². The van der Waals surface area contributed by atoms with Crippen molar-refractivity contribution in [3.8, 4) is 11.5 Å². The maximum Gasteiger partial charge on any atom is 0.227 e. The minimum absolute atomic E-state index is 0.0808. The summed E-state index contributed by atoms with van der Waals surface area (Å²) in [6.07, 6.45) is 0.449. The van der Waals surface area contributed by atoms with Gasteiger partial charge in [-0.3, -0.25) is 4.79 Å². The van der Waals surface area contributed by atoms with Gasteiger partial charge in [-0.05, 0) is 38.5 Å². The molecule has 2 aliphatic heterocycles. The second-order valence-electron chi connectivity index (χ2n) is 6.59. The molecule has 0 aromatic heterocycles. The molecule has 120 valence electrons. The largest absolute Gasteiger partial charge is 0.486 e. The number of carbonyl (C=O) groups is 1. The second-order valence-corrected chi connectivity index (χ2v) is 6.59. The number of carbonyl (C=O) groups excluding carboxylic acids is 1. The van der Waals surface area contributed by atoms with Crippen molar-refractivity contribution in [1.82, 2.24) is 4.90 Å². The van der Waals surface area contributed by atoms with Crippen LogP contribution in [-0.4, -0.2) is 48.8 Å². The summed E-state index contributed by atoms with van der Waals surface area (Å²) in [5.74, 6) is 1.60. The fourth-order valence-corrected chi connectivity index (χ4v) is 2.89. The quantitative estimate of drug-likeness (QED) is 0.839. The summed E-state index contributed by atoms with van der Waals surface area (Å²) in [5.41, 5.74) is 0.682. The summed E-state index contributed by atoms with van der Waals surface area (Å²) >= 11 is 0. The third-order valence-electron chi connectivity index (χ3n) is 4.15. The lowest BCUT2D eigenvalue weighted by Gasteiger charge is -2.44. The fourth-order valence-electron chi connectivity index (χ4n) is 2.89. The minimum atomic E-state index is -0.266. The van der Waals surface area contributed by atoms with Crippen LogP contribution >= 0.6 is 0 Å². The number of hydrogen-bond acceptors (Lipinski definition) is 4. The normalized spacial score (nSPS) is 23.2. The zero-order valence-electron chi connectivity index (χ0n) is 13.4. The molecule has 1 amide bonds. The molecular weight excluding hydrogens is 282 g/mol. The molecule has 22 heavy (non-hydrogen) atoms. The topological polar surface area (TPSA) is 48.0 Å². The highest BCUT2D eigenvalue weighted by Crippen LogP contribution is 2.31. The molecule has 0 spiro atoms. The molecule has 0 saturated carbocycles. The molecule has 1 atom stereocenters. The summed E-state index contributed by atoms with van der Waals surface area (Å²) in [5, 5.41) is 0. The van der Waals surface area contributed by atoms with E-state index in [4.69, 9.17) is 14.2 Å². The predicted octanol–water partition coefficient (Wildman–Crippen LogP) is 2.03. The van der Waals surface area contributed by atoms with Gasteiger partial charge in [0.15, 0.2) is 11.5 Å². The van der Waals surface area contributed by atoms with Gasteiger partial charge in [-0.2, -0.15) is 0 Å². The molecule has 0 radical (unpaired) electrons. The molecule has 0 N–H and O–H groups in total. The van der Waals surface area contributed by atoms with Gasteiger partial charge < -0.3 is 19.1 Å². The molecule has 2 heterocycles. The highest BCUT2D eigenvalue weighted by molar-refractivity contribution is 5.80. The first kappa shape index (κ1) is 15.2. The number of fused-ring (bicyclic) bond motifs is 1. The maximum atomic E-state index is 12.7. The summed E-state index contributed by atoms with van der Waals surface area (Å²) in [6.45, 7) is 8.42. The number of nitrogens with zero attached hydrogens (tertiary/aromatic N) is 1. The lowest BCUT2D eigenvalue weighted by Crippen LogP contribution is -2.58. The SMILES string of the molecule is CC1CN(C(=O)Cc2ccc3c(c2)OCCO3)C(C)(C)CO1. The highest BCUT2D eigenvalue weighted by atomic mass is 16.6. The van der Waals surface area contributed by atoms with Crippen molar-refractivity contribution in [3.63, 3.8) is 0 Å². The minimum Gasteiger partial charge on any atom is -0.486 e. The Balaban J connectivity index is 1.73. The lowest BCUT2D eigenvalue weighted by atomic mass is 9.99. The zero-order chi connectivity index (χ0) is 15.7. The Morgan fingerprint density at radius 3 is 2.77 bits per heavy atom. The van der Waals surface area contributed by atoms with Gasteiger partial charge in [0.2, 0.25) is 5.91 Å². The molecule has 0 bridgehead atoms. The standard InChI is InChI=1S/C17H23NO4/c1-12-10-18(17(2,3)11-22-12)16(19)9-13-4-5-14-15(8-13)21-7-6-20-14/h4-5,8,12H,6-7,9-11H2,1-3H3. The predicted molar refractivity (Wildman–Crippen MR) is 82.3 cm³/mol. The van der Waals surface area contributed by atoms with Crippen LogP contribution in [0.3, 0.4) is 0 Å². The number of benzene rings is 1. The van der Waals surface area contributed by atoms with Gasteiger partial charge in [0, 0.05) is 6.54 Å². The lowest BCUT2D eigenvalue weighted by molar-refractivity contribution is -0.152. The third-order valence-corrected chi connectivity index (χ3v) is 4.15. The van der Waals surface area contributed by atoms with Gasteiger partial charge in [-0.15, -0.1) is 0 Å². The van der Waals surface area contributed by atoms with Crippen LogP contribution in [0.1, 0.15) is 26.3 Å². The van der Waals surface area contributed by atoms with E-state index in [1.807, 2.05) is 43.9 Å². The first-order valence-electron chi connectivity index (χ1n) is 7.76. The molecule has 1 unspecified atom stereocenters. The molecule has 1 saturated heterocycles. The smallest absolute Gasteiger partial charge is 0.227 e.